The van der Waals surface area contributed by atoms with Crippen molar-refractivity contribution in [3.8, 4) is 0 Å². The Bertz CT molecular complexity index is 458. The number of rotatable bonds is 3. The van der Waals surface area contributed by atoms with Crippen LogP contribution in [0.4, 0.5) is 0 Å². The first-order chi connectivity index (χ1) is 10.2. The maximum Gasteiger partial charge on any atom is 0.0489 e. The van der Waals surface area contributed by atoms with Gasteiger partial charge in [-0.25, -0.2) is 0 Å². The van der Waals surface area contributed by atoms with Crippen LogP contribution in [0.5, 0.6) is 0 Å². The molecule has 4 heteroatoms. The van der Waals surface area contributed by atoms with Crippen molar-refractivity contribution in [3.05, 3.63) is 29.6 Å². The first-order valence-corrected chi connectivity index (χ1v) is 8.31. The molecule has 116 valence electrons. The van der Waals surface area contributed by atoms with Gasteiger partial charge in [0.25, 0.3) is 0 Å². The fourth-order valence-corrected chi connectivity index (χ4v) is 3.95. The fourth-order valence-electron chi connectivity index (χ4n) is 3.95. The van der Waals surface area contributed by atoms with Crippen LogP contribution in [0.2, 0.25) is 0 Å². The number of hydrogen-bond acceptors (Lipinski definition) is 4. The Hall–Kier alpha value is -0.970. The molecule has 0 saturated carbocycles. The van der Waals surface area contributed by atoms with Crippen LogP contribution in [0.25, 0.3) is 0 Å². The highest BCUT2D eigenvalue weighted by Gasteiger charge is 2.36. The lowest BCUT2D eigenvalue weighted by molar-refractivity contribution is -0.00673. The van der Waals surface area contributed by atoms with E-state index in [9.17, 15) is 0 Å². The molecule has 2 aliphatic heterocycles. The highest BCUT2D eigenvalue weighted by atomic mass is 15.3. The third kappa shape index (κ3) is 3.12. The number of aryl methyl sites for hydroxylation is 1. The van der Waals surface area contributed by atoms with E-state index in [0.717, 1.165) is 18.3 Å². The number of nitrogens with zero attached hydrogens (tertiary/aromatic N) is 3. The Morgan fingerprint density at radius 1 is 1.33 bits per heavy atom. The van der Waals surface area contributed by atoms with Crippen molar-refractivity contribution in [2.45, 2.75) is 51.2 Å². The lowest BCUT2D eigenvalue weighted by atomic mass is 9.94. The van der Waals surface area contributed by atoms with Crippen LogP contribution in [0.1, 0.15) is 43.5 Å². The summed E-state index contributed by atoms with van der Waals surface area (Å²) in [5.74, 6) is 0. The average molecular weight is 288 g/mol. The van der Waals surface area contributed by atoms with Crippen LogP contribution in [-0.2, 0) is 0 Å². The molecule has 1 aromatic heterocycles. The second-order valence-electron chi connectivity index (χ2n) is 6.67. The van der Waals surface area contributed by atoms with Crippen molar-refractivity contribution in [3.63, 3.8) is 0 Å². The van der Waals surface area contributed by atoms with E-state index in [2.05, 4.69) is 33.8 Å². The van der Waals surface area contributed by atoms with E-state index in [4.69, 9.17) is 5.73 Å². The van der Waals surface area contributed by atoms with E-state index in [1.807, 2.05) is 13.1 Å². The number of nitrogens with two attached hydrogens (primary N) is 1. The Morgan fingerprint density at radius 2 is 2.19 bits per heavy atom. The molecular formula is C17H28N4. The van der Waals surface area contributed by atoms with Crippen molar-refractivity contribution < 1.29 is 0 Å². The molecule has 21 heavy (non-hydrogen) atoms. The minimum absolute atomic E-state index is 0.303. The predicted octanol–water partition coefficient (Wildman–Crippen LogP) is 1.95. The smallest absolute Gasteiger partial charge is 0.0489 e. The van der Waals surface area contributed by atoms with E-state index < -0.39 is 0 Å². The van der Waals surface area contributed by atoms with Gasteiger partial charge in [0.15, 0.2) is 0 Å². The van der Waals surface area contributed by atoms with Gasteiger partial charge in [-0.1, -0.05) is 12.5 Å². The molecule has 3 heterocycles. The van der Waals surface area contributed by atoms with E-state index in [-0.39, 0.29) is 0 Å². The molecule has 2 saturated heterocycles. The quantitative estimate of drug-likeness (QED) is 0.923. The Balaban J connectivity index is 1.78. The molecule has 3 rings (SSSR count). The van der Waals surface area contributed by atoms with Gasteiger partial charge >= 0.3 is 0 Å². The van der Waals surface area contributed by atoms with Gasteiger partial charge in [-0.3, -0.25) is 14.8 Å². The lowest BCUT2D eigenvalue weighted by Gasteiger charge is -2.50. The second kappa shape index (κ2) is 6.42. The largest absolute Gasteiger partial charge is 0.329 e. The van der Waals surface area contributed by atoms with Crippen molar-refractivity contribution in [1.29, 1.82) is 0 Å². The zero-order valence-electron chi connectivity index (χ0n) is 13.3. The van der Waals surface area contributed by atoms with E-state index in [1.54, 1.807) is 0 Å². The number of pyridine rings is 1. The summed E-state index contributed by atoms with van der Waals surface area (Å²) in [6.07, 6.45) is 6.09. The molecular weight excluding hydrogens is 260 g/mol. The van der Waals surface area contributed by atoms with Crippen LogP contribution >= 0.6 is 0 Å². The van der Waals surface area contributed by atoms with Gasteiger partial charge in [-0.05, 0) is 44.9 Å². The van der Waals surface area contributed by atoms with Crippen LogP contribution in [0, 0.1) is 6.92 Å². The van der Waals surface area contributed by atoms with Gasteiger partial charge in [0, 0.05) is 49.7 Å². The Kier molecular flexibility index (Phi) is 4.57. The van der Waals surface area contributed by atoms with Crippen LogP contribution in [-0.4, -0.2) is 53.0 Å². The summed E-state index contributed by atoms with van der Waals surface area (Å²) >= 11 is 0. The minimum atomic E-state index is 0.303. The van der Waals surface area contributed by atoms with Crippen LogP contribution < -0.4 is 5.73 Å². The summed E-state index contributed by atoms with van der Waals surface area (Å²) in [6, 6.07) is 5.88. The first kappa shape index (κ1) is 14.9. The van der Waals surface area contributed by atoms with Crippen molar-refractivity contribution in [2.24, 2.45) is 5.73 Å². The molecule has 0 radical (unpaired) electrons. The van der Waals surface area contributed by atoms with Crippen molar-refractivity contribution in [2.75, 3.05) is 26.2 Å². The number of fused-ring (bicyclic) bond motifs is 1. The maximum atomic E-state index is 6.12. The zero-order valence-corrected chi connectivity index (χ0v) is 13.3. The lowest BCUT2D eigenvalue weighted by Crippen LogP contribution is -2.60. The van der Waals surface area contributed by atoms with Gasteiger partial charge < -0.3 is 5.73 Å². The second-order valence-corrected chi connectivity index (χ2v) is 6.67. The Morgan fingerprint density at radius 3 is 2.90 bits per heavy atom. The summed E-state index contributed by atoms with van der Waals surface area (Å²) in [4.78, 5) is 9.75. The molecule has 0 spiro atoms. The van der Waals surface area contributed by atoms with Gasteiger partial charge in [-0.2, -0.15) is 0 Å². The first-order valence-electron chi connectivity index (χ1n) is 8.31. The zero-order chi connectivity index (χ0) is 14.8. The summed E-state index contributed by atoms with van der Waals surface area (Å²) in [5.41, 5.74) is 8.45. The molecule has 3 unspecified atom stereocenters. The van der Waals surface area contributed by atoms with Crippen LogP contribution in [0.15, 0.2) is 18.3 Å². The third-order valence-corrected chi connectivity index (χ3v) is 5.18. The summed E-state index contributed by atoms with van der Waals surface area (Å²) in [6.45, 7) is 8.65. The van der Waals surface area contributed by atoms with Crippen molar-refractivity contribution >= 4 is 0 Å². The monoisotopic (exact) mass is 288 g/mol. The number of piperazine rings is 1. The normalized spacial score (nSPS) is 29.1. The molecule has 2 fully saturated rings. The average Bonchev–Trinajstić information content (AvgIpc) is 2.50. The molecule has 4 nitrogen and oxygen atoms in total. The molecule has 0 aliphatic carbocycles. The van der Waals surface area contributed by atoms with E-state index in [1.165, 1.54) is 37.9 Å². The van der Waals surface area contributed by atoms with Gasteiger partial charge in [0.2, 0.25) is 0 Å². The van der Waals surface area contributed by atoms with Crippen molar-refractivity contribution in [1.82, 2.24) is 14.8 Å². The molecule has 0 bridgehead atoms. The van der Waals surface area contributed by atoms with Gasteiger partial charge in [-0.15, -0.1) is 0 Å². The molecule has 1 aromatic rings. The Labute approximate surface area is 128 Å². The number of piperidine rings is 1. The summed E-state index contributed by atoms with van der Waals surface area (Å²) in [7, 11) is 0. The minimum Gasteiger partial charge on any atom is -0.329 e. The summed E-state index contributed by atoms with van der Waals surface area (Å²) < 4.78 is 0. The third-order valence-electron chi connectivity index (χ3n) is 5.18. The fraction of sp³-hybridized carbons (Fsp3) is 0.706. The number of hydrogen-bond donors (Lipinski definition) is 1. The predicted molar refractivity (Wildman–Crippen MR) is 86.1 cm³/mol. The highest BCUT2D eigenvalue weighted by molar-refractivity contribution is 5.18. The molecule has 2 N–H and O–H groups in total. The summed E-state index contributed by atoms with van der Waals surface area (Å²) in [5, 5.41) is 0. The SMILES string of the molecule is Cc1ccc(C(CN)N2CC3CCCCN3CC2C)cn1. The van der Waals surface area contributed by atoms with E-state index in [0.29, 0.717) is 18.6 Å². The van der Waals surface area contributed by atoms with E-state index >= 15 is 0 Å². The number of aromatic nitrogens is 1. The molecule has 0 aromatic carbocycles. The van der Waals surface area contributed by atoms with Gasteiger partial charge in [0.1, 0.15) is 0 Å². The maximum absolute atomic E-state index is 6.12. The van der Waals surface area contributed by atoms with Gasteiger partial charge in [0.05, 0.1) is 0 Å². The topological polar surface area (TPSA) is 45.4 Å². The molecule has 3 atom stereocenters. The standard InChI is InChI=1S/C17H28N4/c1-13-6-7-15(10-19-13)17(9-18)21-12-16-5-3-4-8-20(16)11-14(21)2/h6-7,10,14,16-17H,3-5,8-9,11-12,18H2,1-2H3. The molecule has 2 aliphatic rings. The highest BCUT2D eigenvalue weighted by Crippen LogP contribution is 2.30. The molecule has 0 amide bonds. The van der Waals surface area contributed by atoms with Crippen LogP contribution in [0.3, 0.4) is 0 Å².